The van der Waals surface area contributed by atoms with E-state index in [9.17, 15) is 14.8 Å². The number of hydrogen-bond acceptors (Lipinski definition) is 2. The quantitative estimate of drug-likeness (QED) is 0.391. The number of nitrogens with zero attached hydrogens (tertiary/aromatic N) is 1. The minimum atomic E-state index is -0.521. The Hall–Kier alpha value is -1.16. The van der Waals surface area contributed by atoms with Gasteiger partial charge in [0.2, 0.25) is 0 Å². The van der Waals surface area contributed by atoms with Crippen LogP contribution in [-0.4, -0.2) is 16.9 Å². The summed E-state index contributed by atoms with van der Waals surface area (Å²) in [6.07, 6.45) is 4.81. The van der Waals surface area contributed by atoms with Gasteiger partial charge >= 0.3 is 0 Å². The van der Waals surface area contributed by atoms with Crippen molar-refractivity contribution in [3.63, 3.8) is 0 Å². The van der Waals surface area contributed by atoms with Crippen LogP contribution in [0, 0.1) is 23.7 Å². The van der Waals surface area contributed by atoms with Crippen LogP contribution in [0.25, 0.3) is 0 Å². The summed E-state index contributed by atoms with van der Waals surface area (Å²) in [7, 11) is 0. The van der Waals surface area contributed by atoms with Gasteiger partial charge in [-0.25, -0.2) is 0 Å². The van der Waals surface area contributed by atoms with Crippen molar-refractivity contribution in [3.8, 4) is 0 Å². The summed E-state index contributed by atoms with van der Waals surface area (Å²) in [4.78, 5) is 22.7. The number of carbonyl (C=O) groups is 2. The SMILES string of the molecule is [O]N1C(=O)C2C3C=CC(C3)C2C1=O. The zero-order chi connectivity index (χ0) is 9.16. The minimum Gasteiger partial charge on any atom is -0.272 e. The first kappa shape index (κ1) is 7.26. The fourth-order valence-electron chi connectivity index (χ4n) is 2.87. The van der Waals surface area contributed by atoms with Gasteiger partial charge in [-0.2, -0.15) is 0 Å². The number of amides is 2. The molecule has 0 aromatic carbocycles. The molecule has 4 nitrogen and oxygen atoms in total. The highest BCUT2D eigenvalue weighted by Crippen LogP contribution is 2.52. The third-order valence-corrected chi connectivity index (χ3v) is 3.43. The summed E-state index contributed by atoms with van der Waals surface area (Å²) in [5, 5.41) is 11.1. The van der Waals surface area contributed by atoms with Crippen molar-refractivity contribution >= 4 is 11.8 Å². The molecular formula is C9H8NO3. The van der Waals surface area contributed by atoms with Crippen LogP contribution >= 0.6 is 0 Å². The molecule has 1 saturated carbocycles. The van der Waals surface area contributed by atoms with Crippen molar-refractivity contribution in [2.24, 2.45) is 23.7 Å². The van der Waals surface area contributed by atoms with E-state index in [0.717, 1.165) is 6.42 Å². The van der Waals surface area contributed by atoms with Crippen LogP contribution in [0.3, 0.4) is 0 Å². The van der Waals surface area contributed by atoms with Gasteiger partial charge in [0.1, 0.15) is 0 Å². The van der Waals surface area contributed by atoms with Gasteiger partial charge in [0.05, 0.1) is 11.8 Å². The lowest BCUT2D eigenvalue weighted by molar-refractivity contribution is -0.190. The van der Waals surface area contributed by atoms with E-state index in [4.69, 9.17) is 0 Å². The van der Waals surface area contributed by atoms with Gasteiger partial charge in [-0.3, -0.25) is 9.59 Å². The van der Waals surface area contributed by atoms with E-state index in [1.54, 1.807) is 0 Å². The van der Waals surface area contributed by atoms with Crippen LogP contribution in [-0.2, 0) is 14.8 Å². The van der Waals surface area contributed by atoms with Gasteiger partial charge in [-0.05, 0) is 18.3 Å². The molecule has 0 spiro atoms. The summed E-state index contributed by atoms with van der Waals surface area (Å²) < 4.78 is 0. The zero-order valence-electron chi connectivity index (χ0n) is 6.84. The van der Waals surface area contributed by atoms with Crippen LogP contribution in [0.2, 0.25) is 0 Å². The average molecular weight is 178 g/mol. The Balaban J connectivity index is 2.08. The van der Waals surface area contributed by atoms with Gasteiger partial charge in [-0.1, -0.05) is 17.4 Å². The first-order valence-electron chi connectivity index (χ1n) is 4.43. The second-order valence-corrected chi connectivity index (χ2v) is 3.97. The van der Waals surface area contributed by atoms with Crippen molar-refractivity contribution in [2.45, 2.75) is 6.42 Å². The van der Waals surface area contributed by atoms with Gasteiger partial charge in [0, 0.05) is 0 Å². The fourth-order valence-corrected chi connectivity index (χ4v) is 2.87. The van der Waals surface area contributed by atoms with E-state index < -0.39 is 11.8 Å². The Kier molecular flexibility index (Phi) is 1.12. The number of fused-ring (bicyclic) bond motifs is 5. The van der Waals surface area contributed by atoms with E-state index >= 15 is 0 Å². The molecule has 1 radical (unpaired) electrons. The highest BCUT2D eigenvalue weighted by molar-refractivity contribution is 6.05. The fraction of sp³-hybridized carbons (Fsp3) is 0.556. The normalized spacial score (nSPS) is 46.4. The predicted octanol–water partition coefficient (Wildman–Crippen LogP) is 0.139. The molecule has 2 bridgehead atoms. The largest absolute Gasteiger partial charge is 0.272 e. The number of hydroxylamine groups is 2. The van der Waals surface area contributed by atoms with Crippen molar-refractivity contribution in [3.05, 3.63) is 12.2 Å². The Morgan fingerprint density at radius 3 is 2.00 bits per heavy atom. The summed E-state index contributed by atoms with van der Waals surface area (Å²) >= 11 is 0. The van der Waals surface area contributed by atoms with Gasteiger partial charge < -0.3 is 0 Å². The van der Waals surface area contributed by atoms with Crippen molar-refractivity contribution in [1.29, 1.82) is 0 Å². The Labute approximate surface area is 74.8 Å². The topological polar surface area (TPSA) is 57.3 Å². The maximum atomic E-state index is 11.3. The second kappa shape index (κ2) is 2.01. The third-order valence-electron chi connectivity index (χ3n) is 3.43. The first-order chi connectivity index (χ1) is 6.20. The Morgan fingerprint density at radius 2 is 1.54 bits per heavy atom. The smallest absolute Gasteiger partial charge is 0.260 e. The van der Waals surface area contributed by atoms with Crippen LogP contribution in [0.15, 0.2) is 12.2 Å². The molecule has 3 aliphatic rings. The maximum Gasteiger partial charge on any atom is 0.260 e. The Morgan fingerprint density at radius 1 is 1.08 bits per heavy atom. The average Bonchev–Trinajstić information content (AvgIpc) is 2.76. The summed E-state index contributed by atoms with van der Waals surface area (Å²) in [6.45, 7) is 0. The van der Waals surface area contributed by atoms with Gasteiger partial charge in [0.15, 0.2) is 0 Å². The number of hydrogen-bond donors (Lipinski definition) is 0. The molecule has 4 unspecified atom stereocenters. The monoisotopic (exact) mass is 178 g/mol. The molecule has 1 saturated heterocycles. The highest BCUT2D eigenvalue weighted by atomic mass is 16.5. The molecule has 2 fully saturated rings. The standard InChI is InChI=1S/C9H8NO3/c11-8-6-4-1-2-5(3-4)7(6)9(12)10(8)13/h1-2,4-7H,3H2. The van der Waals surface area contributed by atoms with Crippen LogP contribution < -0.4 is 0 Å². The summed E-state index contributed by atoms with van der Waals surface area (Å²) in [5.41, 5.74) is 0. The van der Waals surface area contributed by atoms with Crippen molar-refractivity contribution in [1.82, 2.24) is 5.06 Å². The van der Waals surface area contributed by atoms with E-state index in [0.29, 0.717) is 0 Å². The van der Waals surface area contributed by atoms with Crippen LogP contribution in [0.5, 0.6) is 0 Å². The molecule has 0 N–H and O–H groups in total. The molecule has 2 aliphatic carbocycles. The van der Waals surface area contributed by atoms with Gasteiger partial charge in [-0.15, -0.1) is 5.06 Å². The molecule has 2 amide bonds. The summed E-state index contributed by atoms with van der Waals surface area (Å²) in [5.74, 6) is -1.42. The number of imide groups is 1. The third kappa shape index (κ3) is 0.659. The lowest BCUT2D eigenvalue weighted by atomic mass is 9.85. The van der Waals surface area contributed by atoms with E-state index in [1.807, 2.05) is 12.2 Å². The van der Waals surface area contributed by atoms with Crippen LogP contribution in [0.4, 0.5) is 0 Å². The molecule has 0 aromatic rings. The molecule has 3 rings (SSSR count). The van der Waals surface area contributed by atoms with E-state index in [-0.39, 0.29) is 28.7 Å². The molecule has 13 heavy (non-hydrogen) atoms. The number of carbonyl (C=O) groups excluding carboxylic acids is 2. The van der Waals surface area contributed by atoms with Crippen LogP contribution in [0.1, 0.15) is 6.42 Å². The first-order valence-corrected chi connectivity index (χ1v) is 4.43. The molecule has 4 heteroatoms. The molecule has 67 valence electrons. The molecule has 1 heterocycles. The maximum absolute atomic E-state index is 11.3. The van der Waals surface area contributed by atoms with Crippen molar-refractivity contribution in [2.75, 3.05) is 0 Å². The van der Waals surface area contributed by atoms with E-state index in [1.165, 1.54) is 0 Å². The summed E-state index contributed by atoms with van der Waals surface area (Å²) in [6, 6.07) is 0. The minimum absolute atomic E-state index is 0.0570. The lowest BCUT2D eigenvalue weighted by Crippen LogP contribution is -2.27. The zero-order valence-corrected chi connectivity index (χ0v) is 6.84. The molecule has 4 atom stereocenters. The highest BCUT2D eigenvalue weighted by Gasteiger charge is 2.59. The number of rotatable bonds is 0. The van der Waals surface area contributed by atoms with E-state index in [2.05, 4.69) is 0 Å². The molecule has 1 aliphatic heterocycles. The Bertz CT molecular complexity index is 306. The lowest BCUT2D eigenvalue weighted by Gasteiger charge is -2.13. The number of allylic oxidation sites excluding steroid dienone is 2. The second-order valence-electron chi connectivity index (χ2n) is 3.97. The predicted molar refractivity (Wildman–Crippen MR) is 40.3 cm³/mol. The van der Waals surface area contributed by atoms with Crippen molar-refractivity contribution < 1.29 is 14.8 Å². The molecule has 0 aromatic heterocycles. The molecular weight excluding hydrogens is 170 g/mol. The van der Waals surface area contributed by atoms with Gasteiger partial charge in [0.25, 0.3) is 11.8 Å².